The van der Waals surface area contributed by atoms with Crippen LogP contribution < -0.4 is 5.32 Å². The minimum absolute atomic E-state index is 0.0762. The Labute approximate surface area is 114 Å². The number of para-hydroxylation sites is 2. The maximum Gasteiger partial charge on any atom is 0.310 e. The molecule has 19 heavy (non-hydrogen) atoms. The van der Waals surface area contributed by atoms with Crippen LogP contribution in [0.4, 0.5) is 11.4 Å². The zero-order valence-corrected chi connectivity index (χ0v) is 10.6. The summed E-state index contributed by atoms with van der Waals surface area (Å²) in [6.07, 6.45) is 0. The van der Waals surface area contributed by atoms with E-state index in [1.54, 1.807) is 36.4 Å². The third kappa shape index (κ3) is 2.95. The van der Waals surface area contributed by atoms with Gasteiger partial charge in [0.05, 0.1) is 4.92 Å². The van der Waals surface area contributed by atoms with Crippen molar-refractivity contribution in [2.45, 2.75) is 6.54 Å². The molecular weight excluding hydrogens is 268 g/mol. The van der Waals surface area contributed by atoms with Crippen molar-refractivity contribution in [2.24, 2.45) is 0 Å². The molecule has 98 valence electrons. The molecule has 0 saturated carbocycles. The van der Waals surface area contributed by atoms with Crippen LogP contribution in [0.5, 0.6) is 5.75 Å². The van der Waals surface area contributed by atoms with Crippen molar-refractivity contribution < 1.29 is 10.0 Å². The van der Waals surface area contributed by atoms with E-state index < -0.39 is 4.92 Å². The fourth-order valence-electron chi connectivity index (χ4n) is 1.69. The fraction of sp³-hybridized carbons (Fsp3) is 0.0769. The van der Waals surface area contributed by atoms with Crippen molar-refractivity contribution >= 4 is 23.0 Å². The van der Waals surface area contributed by atoms with Crippen LogP contribution in [0.1, 0.15) is 5.56 Å². The number of nitro groups is 1. The Hall–Kier alpha value is -2.27. The highest BCUT2D eigenvalue weighted by molar-refractivity contribution is 6.33. The van der Waals surface area contributed by atoms with E-state index in [9.17, 15) is 15.2 Å². The molecule has 0 aliphatic carbocycles. The number of nitrogens with zero attached hydrogens (tertiary/aromatic N) is 1. The van der Waals surface area contributed by atoms with Crippen molar-refractivity contribution in [1.82, 2.24) is 0 Å². The molecule has 2 rings (SSSR count). The molecule has 5 nitrogen and oxygen atoms in total. The average Bonchev–Trinajstić information content (AvgIpc) is 2.37. The number of aromatic hydroxyl groups is 1. The lowest BCUT2D eigenvalue weighted by Crippen LogP contribution is -2.03. The number of phenols is 1. The highest BCUT2D eigenvalue weighted by atomic mass is 35.5. The van der Waals surface area contributed by atoms with Gasteiger partial charge in [-0.2, -0.15) is 0 Å². The maximum atomic E-state index is 11.0. The van der Waals surface area contributed by atoms with Crippen LogP contribution in [0.25, 0.3) is 0 Å². The van der Waals surface area contributed by atoms with Gasteiger partial charge in [0, 0.05) is 12.1 Å². The van der Waals surface area contributed by atoms with E-state index in [0.717, 1.165) is 0 Å². The summed E-state index contributed by atoms with van der Waals surface area (Å²) in [5.41, 5.74) is 0.803. The largest absolute Gasteiger partial charge is 0.508 e. The predicted molar refractivity (Wildman–Crippen MR) is 73.5 cm³/mol. The van der Waals surface area contributed by atoms with Gasteiger partial charge in [0.2, 0.25) is 0 Å². The van der Waals surface area contributed by atoms with E-state index >= 15 is 0 Å². The topological polar surface area (TPSA) is 75.4 Å². The van der Waals surface area contributed by atoms with Crippen molar-refractivity contribution in [3.8, 4) is 5.75 Å². The molecule has 0 amide bonds. The number of hydrogen-bond acceptors (Lipinski definition) is 4. The maximum absolute atomic E-state index is 11.0. The van der Waals surface area contributed by atoms with Crippen LogP contribution >= 0.6 is 11.6 Å². The average molecular weight is 279 g/mol. The lowest BCUT2D eigenvalue weighted by molar-refractivity contribution is -0.383. The molecule has 0 radical (unpaired) electrons. The Morgan fingerprint density at radius 2 is 1.95 bits per heavy atom. The SMILES string of the molecule is O=[N+]([O-])c1c(Cl)cccc1NCc1ccccc1O. The Kier molecular flexibility index (Phi) is 3.87. The molecule has 2 aromatic carbocycles. The van der Waals surface area contributed by atoms with Crippen molar-refractivity contribution in [3.05, 3.63) is 63.2 Å². The minimum Gasteiger partial charge on any atom is -0.508 e. The van der Waals surface area contributed by atoms with E-state index in [0.29, 0.717) is 11.3 Å². The number of rotatable bonds is 4. The van der Waals surface area contributed by atoms with Crippen LogP contribution in [0.15, 0.2) is 42.5 Å². The van der Waals surface area contributed by atoms with Crippen molar-refractivity contribution in [2.75, 3.05) is 5.32 Å². The van der Waals surface area contributed by atoms with E-state index in [4.69, 9.17) is 11.6 Å². The minimum atomic E-state index is -0.532. The van der Waals surface area contributed by atoms with Gasteiger partial charge in [-0.05, 0) is 18.2 Å². The number of hydrogen-bond donors (Lipinski definition) is 2. The number of halogens is 1. The van der Waals surface area contributed by atoms with Crippen LogP contribution in [0.2, 0.25) is 5.02 Å². The summed E-state index contributed by atoms with van der Waals surface area (Å²) in [5, 5.41) is 23.6. The van der Waals surface area contributed by atoms with Gasteiger partial charge in [-0.25, -0.2) is 0 Å². The van der Waals surface area contributed by atoms with Gasteiger partial charge in [-0.1, -0.05) is 35.9 Å². The van der Waals surface area contributed by atoms with Gasteiger partial charge in [0.15, 0.2) is 0 Å². The quantitative estimate of drug-likeness (QED) is 0.662. The number of nitro benzene ring substituents is 1. The summed E-state index contributed by atoms with van der Waals surface area (Å²) in [4.78, 5) is 10.4. The molecule has 0 atom stereocenters. The Morgan fingerprint density at radius 3 is 2.63 bits per heavy atom. The van der Waals surface area contributed by atoms with E-state index in [-0.39, 0.29) is 23.0 Å². The molecule has 6 heteroatoms. The molecule has 0 aliphatic heterocycles. The second-order valence-corrected chi connectivity index (χ2v) is 4.28. The Balaban J connectivity index is 2.23. The highest BCUT2D eigenvalue weighted by Crippen LogP contribution is 2.32. The van der Waals surface area contributed by atoms with E-state index in [2.05, 4.69) is 5.32 Å². The van der Waals surface area contributed by atoms with Gasteiger partial charge >= 0.3 is 5.69 Å². The Morgan fingerprint density at radius 1 is 1.21 bits per heavy atom. The lowest BCUT2D eigenvalue weighted by Gasteiger charge is -2.09. The molecule has 0 aromatic heterocycles. The highest BCUT2D eigenvalue weighted by Gasteiger charge is 2.18. The summed E-state index contributed by atoms with van der Waals surface area (Å²) < 4.78 is 0. The summed E-state index contributed by atoms with van der Waals surface area (Å²) in [5.74, 6) is 0.139. The number of benzene rings is 2. The number of phenolic OH excluding ortho intramolecular Hbond substituents is 1. The number of nitrogens with one attached hydrogen (secondary N) is 1. The zero-order chi connectivity index (χ0) is 13.8. The first kappa shape index (κ1) is 13.2. The smallest absolute Gasteiger partial charge is 0.310 e. The van der Waals surface area contributed by atoms with Crippen molar-refractivity contribution in [3.63, 3.8) is 0 Å². The Bertz CT molecular complexity index is 617. The molecule has 0 aliphatic rings. The van der Waals surface area contributed by atoms with Gasteiger partial charge in [0.1, 0.15) is 16.5 Å². The van der Waals surface area contributed by atoms with Crippen LogP contribution in [0.3, 0.4) is 0 Å². The molecule has 0 heterocycles. The summed E-state index contributed by atoms with van der Waals surface area (Å²) in [7, 11) is 0. The summed E-state index contributed by atoms with van der Waals surface area (Å²) >= 11 is 5.81. The first-order valence-corrected chi connectivity index (χ1v) is 5.91. The summed E-state index contributed by atoms with van der Waals surface area (Å²) in [6.45, 7) is 0.272. The molecule has 0 spiro atoms. The number of anilines is 1. The third-order valence-corrected chi connectivity index (χ3v) is 2.94. The van der Waals surface area contributed by atoms with E-state index in [1.807, 2.05) is 0 Å². The normalized spacial score (nSPS) is 10.2. The van der Waals surface area contributed by atoms with E-state index in [1.165, 1.54) is 6.07 Å². The zero-order valence-electron chi connectivity index (χ0n) is 9.84. The van der Waals surface area contributed by atoms with Gasteiger partial charge < -0.3 is 10.4 Å². The van der Waals surface area contributed by atoms with Crippen LogP contribution in [-0.2, 0) is 6.54 Å². The van der Waals surface area contributed by atoms with Gasteiger partial charge in [-0.15, -0.1) is 0 Å². The molecule has 2 N–H and O–H groups in total. The standard InChI is InChI=1S/C13H11ClN2O3/c14-10-5-3-6-11(13(10)16(18)19)15-8-9-4-1-2-7-12(9)17/h1-7,15,17H,8H2. The van der Waals surface area contributed by atoms with Gasteiger partial charge in [0.25, 0.3) is 0 Å². The third-order valence-electron chi connectivity index (χ3n) is 2.63. The van der Waals surface area contributed by atoms with Gasteiger partial charge in [-0.3, -0.25) is 10.1 Å². The first-order valence-electron chi connectivity index (χ1n) is 5.53. The molecule has 0 unspecified atom stereocenters. The fourth-order valence-corrected chi connectivity index (χ4v) is 1.94. The lowest BCUT2D eigenvalue weighted by atomic mass is 10.2. The molecule has 0 saturated heterocycles. The van der Waals surface area contributed by atoms with Crippen LogP contribution in [0, 0.1) is 10.1 Å². The summed E-state index contributed by atoms with van der Waals surface area (Å²) in [6, 6.07) is 11.4. The monoisotopic (exact) mass is 278 g/mol. The second kappa shape index (κ2) is 5.58. The molecular formula is C13H11ClN2O3. The van der Waals surface area contributed by atoms with Crippen molar-refractivity contribution in [1.29, 1.82) is 0 Å². The predicted octanol–water partition coefficient (Wildman–Crippen LogP) is 3.57. The van der Waals surface area contributed by atoms with Crippen LogP contribution in [-0.4, -0.2) is 10.0 Å². The molecule has 0 bridgehead atoms. The molecule has 0 fully saturated rings. The molecule has 2 aromatic rings. The first-order chi connectivity index (χ1) is 9.09. The second-order valence-electron chi connectivity index (χ2n) is 3.88.